The SMILES string of the molecule is COc1cc(Cl)ncc1C(=O)N1CCCC1. The summed E-state index contributed by atoms with van der Waals surface area (Å²) in [5.74, 6) is 0.454. The van der Waals surface area contributed by atoms with Crippen LogP contribution in [0.3, 0.4) is 0 Å². The number of hydrogen-bond acceptors (Lipinski definition) is 3. The number of nitrogens with zero attached hydrogens (tertiary/aromatic N) is 2. The highest BCUT2D eigenvalue weighted by Gasteiger charge is 2.22. The Kier molecular flexibility index (Phi) is 3.29. The van der Waals surface area contributed by atoms with E-state index in [1.165, 1.54) is 13.3 Å². The number of pyridine rings is 1. The summed E-state index contributed by atoms with van der Waals surface area (Å²) in [5.41, 5.74) is 0.480. The Labute approximate surface area is 99.2 Å². The summed E-state index contributed by atoms with van der Waals surface area (Å²) in [6, 6.07) is 1.56. The van der Waals surface area contributed by atoms with Gasteiger partial charge in [-0.1, -0.05) is 11.6 Å². The van der Waals surface area contributed by atoms with Crippen LogP contribution in [0.1, 0.15) is 23.2 Å². The molecule has 0 aliphatic carbocycles. The smallest absolute Gasteiger partial charge is 0.259 e. The van der Waals surface area contributed by atoms with E-state index in [1.807, 2.05) is 4.90 Å². The van der Waals surface area contributed by atoms with Gasteiger partial charge >= 0.3 is 0 Å². The Morgan fingerprint density at radius 3 is 2.81 bits per heavy atom. The Balaban J connectivity index is 2.28. The van der Waals surface area contributed by atoms with E-state index in [4.69, 9.17) is 16.3 Å². The lowest BCUT2D eigenvalue weighted by Gasteiger charge is -2.16. The van der Waals surface area contributed by atoms with Gasteiger partial charge in [0.2, 0.25) is 0 Å². The molecule has 0 N–H and O–H groups in total. The molecule has 1 aromatic rings. The molecule has 86 valence electrons. The van der Waals surface area contributed by atoms with Crippen LogP contribution in [0.15, 0.2) is 12.3 Å². The zero-order valence-corrected chi connectivity index (χ0v) is 9.83. The van der Waals surface area contributed by atoms with Crippen LogP contribution < -0.4 is 4.74 Å². The molecule has 0 aromatic carbocycles. The number of likely N-dealkylation sites (tertiary alicyclic amines) is 1. The van der Waals surface area contributed by atoms with Gasteiger partial charge < -0.3 is 9.64 Å². The molecule has 0 radical (unpaired) electrons. The highest BCUT2D eigenvalue weighted by Crippen LogP contribution is 2.23. The summed E-state index contributed by atoms with van der Waals surface area (Å²) >= 11 is 5.74. The average molecular weight is 241 g/mol. The fourth-order valence-corrected chi connectivity index (χ4v) is 1.98. The third-order valence-corrected chi connectivity index (χ3v) is 2.88. The van der Waals surface area contributed by atoms with Crippen LogP contribution in [0.2, 0.25) is 5.15 Å². The Bertz CT molecular complexity index is 403. The molecule has 2 heterocycles. The zero-order chi connectivity index (χ0) is 11.5. The van der Waals surface area contributed by atoms with Gasteiger partial charge in [-0.2, -0.15) is 0 Å². The Morgan fingerprint density at radius 2 is 2.19 bits per heavy atom. The average Bonchev–Trinajstić information content (AvgIpc) is 2.81. The second-order valence-corrected chi connectivity index (χ2v) is 4.09. The minimum Gasteiger partial charge on any atom is -0.496 e. The van der Waals surface area contributed by atoms with Gasteiger partial charge in [0.15, 0.2) is 0 Å². The third kappa shape index (κ3) is 2.11. The lowest BCUT2D eigenvalue weighted by Crippen LogP contribution is -2.28. The van der Waals surface area contributed by atoms with Crippen molar-refractivity contribution in [2.24, 2.45) is 0 Å². The minimum atomic E-state index is -0.0292. The predicted molar refractivity (Wildman–Crippen MR) is 60.9 cm³/mol. The molecule has 1 amide bonds. The fraction of sp³-hybridized carbons (Fsp3) is 0.455. The van der Waals surface area contributed by atoms with E-state index in [2.05, 4.69) is 4.98 Å². The van der Waals surface area contributed by atoms with Crippen LogP contribution in [-0.2, 0) is 0 Å². The van der Waals surface area contributed by atoms with Gasteiger partial charge in [-0.25, -0.2) is 4.98 Å². The van der Waals surface area contributed by atoms with Gasteiger partial charge in [0, 0.05) is 25.4 Å². The summed E-state index contributed by atoms with van der Waals surface area (Å²) in [6.45, 7) is 1.62. The van der Waals surface area contributed by atoms with Gasteiger partial charge in [0.25, 0.3) is 5.91 Å². The number of hydrogen-bond donors (Lipinski definition) is 0. The van der Waals surface area contributed by atoms with Gasteiger partial charge in [-0.05, 0) is 12.8 Å². The molecule has 0 atom stereocenters. The molecule has 1 aliphatic rings. The molecule has 1 fully saturated rings. The van der Waals surface area contributed by atoms with Crippen molar-refractivity contribution >= 4 is 17.5 Å². The number of amides is 1. The number of ether oxygens (including phenoxy) is 1. The fourth-order valence-electron chi connectivity index (χ4n) is 1.83. The molecule has 0 saturated carbocycles. The molecule has 4 nitrogen and oxygen atoms in total. The number of carbonyl (C=O) groups excluding carboxylic acids is 1. The second-order valence-electron chi connectivity index (χ2n) is 3.71. The molecular weight excluding hydrogens is 228 g/mol. The van der Waals surface area contributed by atoms with Gasteiger partial charge in [-0.15, -0.1) is 0 Å². The highest BCUT2D eigenvalue weighted by molar-refractivity contribution is 6.29. The molecular formula is C11H13ClN2O2. The monoisotopic (exact) mass is 240 g/mol. The largest absolute Gasteiger partial charge is 0.496 e. The molecule has 5 heteroatoms. The molecule has 0 spiro atoms. The van der Waals surface area contributed by atoms with Crippen molar-refractivity contribution in [3.63, 3.8) is 0 Å². The lowest BCUT2D eigenvalue weighted by atomic mass is 10.2. The standard InChI is InChI=1S/C11H13ClN2O2/c1-16-9-6-10(12)13-7-8(9)11(15)14-4-2-3-5-14/h6-7H,2-5H2,1H3. The van der Waals surface area contributed by atoms with Crippen LogP contribution in [0.5, 0.6) is 5.75 Å². The van der Waals surface area contributed by atoms with E-state index in [0.717, 1.165) is 25.9 Å². The topological polar surface area (TPSA) is 42.4 Å². The summed E-state index contributed by atoms with van der Waals surface area (Å²) in [6.07, 6.45) is 3.60. The molecule has 1 aliphatic heterocycles. The Hall–Kier alpha value is -1.29. The first-order valence-corrected chi connectivity index (χ1v) is 5.59. The second kappa shape index (κ2) is 4.70. The van der Waals surface area contributed by atoms with Crippen LogP contribution in [-0.4, -0.2) is 36.0 Å². The lowest BCUT2D eigenvalue weighted by molar-refractivity contribution is 0.0789. The predicted octanol–water partition coefficient (Wildman–Crippen LogP) is 1.98. The number of halogens is 1. The molecule has 1 aromatic heterocycles. The van der Waals surface area contributed by atoms with Crippen molar-refractivity contribution in [1.82, 2.24) is 9.88 Å². The maximum absolute atomic E-state index is 12.1. The van der Waals surface area contributed by atoms with E-state index in [-0.39, 0.29) is 5.91 Å². The normalized spacial score (nSPS) is 15.2. The van der Waals surface area contributed by atoms with E-state index < -0.39 is 0 Å². The third-order valence-electron chi connectivity index (χ3n) is 2.68. The van der Waals surface area contributed by atoms with Crippen molar-refractivity contribution in [3.05, 3.63) is 23.0 Å². The molecule has 16 heavy (non-hydrogen) atoms. The van der Waals surface area contributed by atoms with E-state index >= 15 is 0 Å². The maximum atomic E-state index is 12.1. The number of aromatic nitrogens is 1. The van der Waals surface area contributed by atoms with E-state index in [0.29, 0.717) is 16.5 Å². The Morgan fingerprint density at radius 1 is 1.50 bits per heavy atom. The quantitative estimate of drug-likeness (QED) is 0.743. The van der Waals surface area contributed by atoms with Crippen molar-refractivity contribution in [3.8, 4) is 5.75 Å². The molecule has 2 rings (SSSR count). The first-order chi connectivity index (χ1) is 7.72. The van der Waals surface area contributed by atoms with Crippen molar-refractivity contribution in [2.45, 2.75) is 12.8 Å². The number of rotatable bonds is 2. The van der Waals surface area contributed by atoms with Crippen LogP contribution in [0, 0.1) is 0 Å². The minimum absolute atomic E-state index is 0.0292. The maximum Gasteiger partial charge on any atom is 0.259 e. The number of carbonyl (C=O) groups is 1. The first-order valence-electron chi connectivity index (χ1n) is 5.21. The first kappa shape index (κ1) is 11.2. The highest BCUT2D eigenvalue weighted by atomic mass is 35.5. The van der Waals surface area contributed by atoms with Crippen molar-refractivity contribution in [2.75, 3.05) is 20.2 Å². The van der Waals surface area contributed by atoms with Crippen molar-refractivity contribution in [1.29, 1.82) is 0 Å². The summed E-state index contributed by atoms with van der Waals surface area (Å²) in [4.78, 5) is 17.8. The van der Waals surface area contributed by atoms with Gasteiger partial charge in [-0.3, -0.25) is 4.79 Å². The van der Waals surface area contributed by atoms with Crippen molar-refractivity contribution < 1.29 is 9.53 Å². The van der Waals surface area contributed by atoms with Crippen LogP contribution >= 0.6 is 11.6 Å². The molecule has 0 unspecified atom stereocenters. The van der Waals surface area contributed by atoms with Crippen LogP contribution in [0.4, 0.5) is 0 Å². The van der Waals surface area contributed by atoms with E-state index in [9.17, 15) is 4.79 Å². The van der Waals surface area contributed by atoms with Crippen LogP contribution in [0.25, 0.3) is 0 Å². The zero-order valence-electron chi connectivity index (χ0n) is 9.07. The number of methoxy groups -OCH3 is 1. The molecule has 0 bridgehead atoms. The van der Waals surface area contributed by atoms with Gasteiger partial charge in [0.05, 0.1) is 12.7 Å². The van der Waals surface area contributed by atoms with E-state index in [1.54, 1.807) is 6.07 Å². The summed E-state index contributed by atoms with van der Waals surface area (Å²) < 4.78 is 5.13. The summed E-state index contributed by atoms with van der Waals surface area (Å²) in [7, 11) is 1.52. The van der Waals surface area contributed by atoms with Gasteiger partial charge in [0.1, 0.15) is 10.9 Å². The summed E-state index contributed by atoms with van der Waals surface area (Å²) in [5, 5.41) is 0.329. The molecule has 1 saturated heterocycles.